The third-order valence-electron chi connectivity index (χ3n) is 6.56. The van der Waals surface area contributed by atoms with Gasteiger partial charge in [0.2, 0.25) is 0 Å². The number of halogens is 3. The lowest BCUT2D eigenvalue weighted by Gasteiger charge is -2.61. The first-order valence-corrected chi connectivity index (χ1v) is 10.3. The molecule has 0 aromatic carbocycles. The molecule has 0 spiro atoms. The minimum absolute atomic E-state index is 0.00654. The normalized spacial score (nSPS) is 47.6. The third-order valence-corrected chi connectivity index (χ3v) is 8.93. The molecule has 23 heavy (non-hydrogen) atoms. The smallest absolute Gasteiger partial charge is 0.158 e. The summed E-state index contributed by atoms with van der Waals surface area (Å²) >= 11 is 17.3. The Morgan fingerprint density at radius 1 is 1.22 bits per heavy atom. The van der Waals surface area contributed by atoms with Crippen LogP contribution in [-0.4, -0.2) is 35.1 Å². The Morgan fingerprint density at radius 3 is 2.43 bits per heavy atom. The molecule has 2 nitrogen and oxygen atoms in total. The molecule has 6 atom stereocenters. The van der Waals surface area contributed by atoms with Gasteiger partial charge in [-0.1, -0.05) is 48.9 Å². The summed E-state index contributed by atoms with van der Waals surface area (Å²) in [6.07, 6.45) is 2.74. The van der Waals surface area contributed by atoms with Gasteiger partial charge in [-0.05, 0) is 35.5 Å². The van der Waals surface area contributed by atoms with E-state index in [0.717, 1.165) is 19.3 Å². The zero-order chi connectivity index (χ0) is 17.0. The zero-order valence-corrected chi connectivity index (χ0v) is 17.3. The molecule has 5 heteroatoms. The van der Waals surface area contributed by atoms with Gasteiger partial charge in [-0.2, -0.15) is 0 Å². The maximum absolute atomic E-state index is 6.72. The summed E-state index contributed by atoms with van der Waals surface area (Å²) in [6.45, 7) is 12.7. The lowest BCUT2D eigenvalue weighted by atomic mass is 9.47. The van der Waals surface area contributed by atoms with E-state index in [9.17, 15) is 0 Å². The van der Waals surface area contributed by atoms with Crippen LogP contribution in [0, 0.1) is 22.7 Å². The summed E-state index contributed by atoms with van der Waals surface area (Å²) in [5.74, 6) is 0.826. The summed E-state index contributed by atoms with van der Waals surface area (Å²) in [5.41, 5.74) is 1.33. The van der Waals surface area contributed by atoms with E-state index in [-0.39, 0.29) is 27.9 Å². The Bertz CT molecular complexity index is 478. The Morgan fingerprint density at radius 2 is 1.83 bits per heavy atom. The summed E-state index contributed by atoms with van der Waals surface area (Å²) in [5, 5.41) is -0.0200. The average Bonchev–Trinajstić information content (AvgIpc) is 2.98. The molecule has 0 amide bonds. The fourth-order valence-electron chi connectivity index (χ4n) is 5.29. The van der Waals surface area contributed by atoms with Crippen molar-refractivity contribution < 1.29 is 9.47 Å². The highest BCUT2D eigenvalue weighted by atomic mass is 79.9. The predicted molar refractivity (Wildman–Crippen MR) is 99.5 cm³/mol. The molecule has 1 aliphatic heterocycles. The molecule has 1 saturated heterocycles. The number of fused-ring (bicyclic) bond motifs is 1. The van der Waals surface area contributed by atoms with Gasteiger partial charge < -0.3 is 9.47 Å². The summed E-state index contributed by atoms with van der Waals surface area (Å²) in [4.78, 5) is 0.321. The van der Waals surface area contributed by atoms with Crippen molar-refractivity contribution in [3.05, 3.63) is 12.2 Å². The van der Waals surface area contributed by atoms with Gasteiger partial charge in [-0.15, -0.1) is 23.2 Å². The molecule has 0 bridgehead atoms. The number of allylic oxidation sites excluding steroid dienone is 1. The maximum atomic E-state index is 6.72. The minimum Gasteiger partial charge on any atom is -0.350 e. The van der Waals surface area contributed by atoms with Gasteiger partial charge in [-0.3, -0.25) is 0 Å². The van der Waals surface area contributed by atoms with Crippen LogP contribution in [0.4, 0.5) is 0 Å². The third kappa shape index (κ3) is 3.03. The van der Waals surface area contributed by atoms with E-state index in [1.165, 1.54) is 5.57 Å². The van der Waals surface area contributed by atoms with Gasteiger partial charge in [0.15, 0.2) is 6.29 Å². The highest BCUT2D eigenvalue weighted by Crippen LogP contribution is 2.64. The molecule has 1 heterocycles. The Hall–Kier alpha value is 0.720. The number of hydrogen-bond donors (Lipinski definition) is 0. The highest BCUT2D eigenvalue weighted by molar-refractivity contribution is 9.09. The van der Waals surface area contributed by atoms with Crippen LogP contribution in [0.15, 0.2) is 12.2 Å². The quantitative estimate of drug-likeness (QED) is 0.438. The Balaban J connectivity index is 1.94. The Labute approximate surface area is 158 Å². The first-order chi connectivity index (χ1) is 10.7. The number of alkyl halides is 3. The van der Waals surface area contributed by atoms with E-state index in [1.807, 2.05) is 0 Å². The van der Waals surface area contributed by atoms with Crippen LogP contribution in [0.3, 0.4) is 0 Å². The van der Waals surface area contributed by atoms with Crippen LogP contribution >= 0.6 is 39.1 Å². The van der Waals surface area contributed by atoms with Crippen molar-refractivity contribution in [1.29, 1.82) is 0 Å². The summed E-state index contributed by atoms with van der Waals surface area (Å²) < 4.78 is 11.5. The van der Waals surface area contributed by atoms with Crippen LogP contribution < -0.4 is 0 Å². The lowest BCUT2D eigenvalue weighted by molar-refractivity contribution is -0.0992. The molecule has 0 N–H and O–H groups in total. The number of hydrogen-bond acceptors (Lipinski definition) is 2. The van der Waals surface area contributed by atoms with Gasteiger partial charge in [0.25, 0.3) is 0 Å². The monoisotopic (exact) mass is 424 g/mol. The number of ether oxygens (including phenoxy) is 2. The highest BCUT2D eigenvalue weighted by Gasteiger charge is 2.60. The van der Waals surface area contributed by atoms with E-state index in [0.29, 0.717) is 29.9 Å². The second-order valence-corrected chi connectivity index (χ2v) is 10.4. The zero-order valence-electron chi connectivity index (χ0n) is 14.2. The summed E-state index contributed by atoms with van der Waals surface area (Å²) in [7, 11) is 0. The van der Waals surface area contributed by atoms with E-state index in [1.54, 1.807) is 0 Å². The van der Waals surface area contributed by atoms with Gasteiger partial charge in [0.05, 0.1) is 24.0 Å². The molecule has 2 saturated carbocycles. The molecule has 0 aromatic rings. The molecular formula is C18H27BrCl2O2. The fraction of sp³-hybridized carbons (Fsp3) is 0.889. The molecule has 0 aromatic heterocycles. The fourth-order valence-corrected chi connectivity index (χ4v) is 6.88. The first kappa shape index (κ1) is 18.5. The molecule has 3 rings (SSSR count). The van der Waals surface area contributed by atoms with E-state index in [2.05, 4.69) is 43.3 Å². The van der Waals surface area contributed by atoms with Crippen LogP contribution in [-0.2, 0) is 9.47 Å². The molecule has 132 valence electrons. The summed E-state index contributed by atoms with van der Waals surface area (Å²) in [6, 6.07) is 0. The van der Waals surface area contributed by atoms with Gasteiger partial charge in [0.1, 0.15) is 0 Å². The first-order valence-electron chi connectivity index (χ1n) is 8.52. The van der Waals surface area contributed by atoms with Crippen LogP contribution in [0.2, 0.25) is 0 Å². The van der Waals surface area contributed by atoms with Crippen molar-refractivity contribution in [1.82, 2.24) is 0 Å². The largest absolute Gasteiger partial charge is 0.350 e. The standard InChI is InChI=1S/C18H27BrCl2O2/c1-10-11(7-15-22-5-6-23-15)18(4)9-13(20)16(21)17(2,3)14(18)8-12(10)19/h11-16H,1,5-9H2,2-4H3/t11-,12+,13-,14-,16+,18+/m0/s1. The lowest BCUT2D eigenvalue weighted by Crippen LogP contribution is -2.59. The van der Waals surface area contributed by atoms with Crippen LogP contribution in [0.5, 0.6) is 0 Å². The topological polar surface area (TPSA) is 18.5 Å². The second-order valence-electron chi connectivity index (χ2n) is 8.24. The van der Waals surface area contributed by atoms with Gasteiger partial charge in [-0.25, -0.2) is 0 Å². The predicted octanol–water partition coefficient (Wildman–Crippen LogP) is 5.36. The van der Waals surface area contributed by atoms with E-state index < -0.39 is 0 Å². The minimum atomic E-state index is -0.113. The molecular weight excluding hydrogens is 399 g/mol. The molecule has 2 aliphatic carbocycles. The van der Waals surface area contributed by atoms with Crippen molar-refractivity contribution in [2.75, 3.05) is 13.2 Å². The van der Waals surface area contributed by atoms with Gasteiger partial charge >= 0.3 is 0 Å². The SMILES string of the molecule is C=C1[C@H](Br)C[C@H]2C(C)(C)[C@H](Cl)[C@@H](Cl)C[C@]2(C)[C@H]1CC1OCCO1. The van der Waals surface area contributed by atoms with E-state index >= 15 is 0 Å². The Kier molecular flexibility index (Phi) is 5.20. The van der Waals surface area contributed by atoms with Gasteiger partial charge in [0, 0.05) is 11.2 Å². The average molecular weight is 426 g/mol. The molecule has 3 fully saturated rings. The molecule has 0 radical (unpaired) electrons. The van der Waals surface area contributed by atoms with Crippen molar-refractivity contribution in [3.8, 4) is 0 Å². The second kappa shape index (κ2) is 6.46. The van der Waals surface area contributed by atoms with Crippen LogP contribution in [0.25, 0.3) is 0 Å². The van der Waals surface area contributed by atoms with Crippen LogP contribution in [0.1, 0.15) is 40.0 Å². The molecule has 0 unspecified atom stereocenters. The molecule has 3 aliphatic rings. The van der Waals surface area contributed by atoms with Crippen molar-refractivity contribution >= 4 is 39.1 Å². The van der Waals surface area contributed by atoms with Crippen molar-refractivity contribution in [2.45, 2.75) is 61.9 Å². The number of rotatable bonds is 2. The van der Waals surface area contributed by atoms with Crippen molar-refractivity contribution in [3.63, 3.8) is 0 Å². The maximum Gasteiger partial charge on any atom is 0.158 e. The van der Waals surface area contributed by atoms with Crippen molar-refractivity contribution in [2.24, 2.45) is 22.7 Å². The van der Waals surface area contributed by atoms with E-state index in [4.69, 9.17) is 32.7 Å².